The molecular formula is C15H12IN7O2. The number of halogens is 1. The van der Waals surface area contributed by atoms with Crippen molar-refractivity contribution in [2.45, 2.75) is 0 Å². The van der Waals surface area contributed by atoms with Gasteiger partial charge < -0.3 is 9.47 Å². The Balaban J connectivity index is 0.000000146. The highest BCUT2D eigenvalue weighted by atomic mass is 127. The normalized spacial score (nSPS) is 10.2. The second kappa shape index (κ2) is 7.31. The maximum atomic E-state index is 8.67. The Morgan fingerprint density at radius 1 is 0.960 bits per heavy atom. The highest BCUT2D eigenvalue weighted by Crippen LogP contribution is 2.18. The van der Waals surface area contributed by atoms with Gasteiger partial charge in [0.1, 0.15) is 26.3 Å². The summed E-state index contributed by atoms with van der Waals surface area (Å²) >= 11 is 2.15. The van der Waals surface area contributed by atoms with E-state index in [1.165, 1.54) is 7.11 Å². The Labute approximate surface area is 155 Å². The second-order valence-electron chi connectivity index (χ2n) is 4.69. The number of nitriles is 1. The summed E-state index contributed by atoms with van der Waals surface area (Å²) in [6, 6.07) is 9.09. The molecule has 0 saturated carbocycles. The molecule has 0 amide bonds. The van der Waals surface area contributed by atoms with E-state index in [4.69, 9.17) is 14.7 Å². The number of aromatic nitrogens is 6. The Kier molecular flexibility index (Phi) is 4.94. The zero-order valence-electron chi connectivity index (χ0n) is 13.2. The van der Waals surface area contributed by atoms with Crippen LogP contribution in [0, 0.1) is 15.0 Å². The molecule has 0 fully saturated rings. The number of nitrogens with one attached hydrogen (secondary N) is 2. The lowest BCUT2D eigenvalue weighted by atomic mass is 10.3. The number of methoxy groups -OCH3 is 2. The average molecular weight is 449 g/mol. The van der Waals surface area contributed by atoms with Crippen molar-refractivity contribution in [3.63, 3.8) is 0 Å². The van der Waals surface area contributed by atoms with E-state index in [1.54, 1.807) is 25.3 Å². The third-order valence-electron chi connectivity index (χ3n) is 3.24. The Morgan fingerprint density at radius 3 is 2.32 bits per heavy atom. The largest absolute Gasteiger partial charge is 0.481 e. The van der Waals surface area contributed by atoms with Gasteiger partial charge in [0.05, 0.1) is 19.7 Å². The van der Waals surface area contributed by atoms with Crippen LogP contribution in [-0.2, 0) is 0 Å². The van der Waals surface area contributed by atoms with E-state index in [0.29, 0.717) is 17.3 Å². The van der Waals surface area contributed by atoms with Gasteiger partial charge in [0.25, 0.3) is 0 Å². The lowest BCUT2D eigenvalue weighted by Gasteiger charge is -1.96. The van der Waals surface area contributed by atoms with Crippen LogP contribution in [0.15, 0.2) is 24.3 Å². The Bertz CT molecular complexity index is 1070. The van der Waals surface area contributed by atoms with Crippen LogP contribution in [0.3, 0.4) is 0 Å². The van der Waals surface area contributed by atoms with Gasteiger partial charge in [-0.05, 0) is 34.7 Å². The van der Waals surface area contributed by atoms with Gasteiger partial charge in [-0.2, -0.15) is 15.5 Å². The third kappa shape index (κ3) is 3.45. The van der Waals surface area contributed by atoms with Gasteiger partial charge in [0.15, 0.2) is 5.69 Å². The SMILES string of the molecule is COc1ccc2[nH]nc(C#N)c2n1.COc1ccc2n[nH]c(I)c2n1. The van der Waals surface area contributed by atoms with Crippen LogP contribution in [0.4, 0.5) is 0 Å². The van der Waals surface area contributed by atoms with Crippen LogP contribution >= 0.6 is 22.6 Å². The first-order valence-corrected chi connectivity index (χ1v) is 8.08. The maximum absolute atomic E-state index is 8.67. The predicted octanol–water partition coefficient (Wildman–Crippen LogP) is 2.41. The minimum atomic E-state index is 0.286. The zero-order chi connectivity index (χ0) is 17.8. The first-order chi connectivity index (χ1) is 12.2. The van der Waals surface area contributed by atoms with Crippen LogP contribution in [0.25, 0.3) is 22.1 Å². The molecule has 10 heteroatoms. The summed E-state index contributed by atoms with van der Waals surface area (Å²) in [6.45, 7) is 0. The van der Waals surface area contributed by atoms with Gasteiger partial charge >= 0.3 is 0 Å². The molecule has 0 bridgehead atoms. The monoisotopic (exact) mass is 449 g/mol. The Hall–Kier alpha value is -2.94. The summed E-state index contributed by atoms with van der Waals surface area (Å²) in [5, 5.41) is 22.0. The molecule has 0 aliphatic rings. The van der Waals surface area contributed by atoms with E-state index in [1.807, 2.05) is 12.1 Å². The van der Waals surface area contributed by atoms with Gasteiger partial charge in [-0.15, -0.1) is 0 Å². The van der Waals surface area contributed by atoms with E-state index in [9.17, 15) is 0 Å². The summed E-state index contributed by atoms with van der Waals surface area (Å²) in [5.74, 6) is 1.09. The molecule has 126 valence electrons. The first kappa shape index (κ1) is 16.9. The molecule has 25 heavy (non-hydrogen) atoms. The number of rotatable bonds is 2. The number of H-pyrrole nitrogens is 2. The smallest absolute Gasteiger partial charge is 0.213 e. The molecule has 0 aliphatic carbocycles. The van der Waals surface area contributed by atoms with Gasteiger partial charge in [-0.3, -0.25) is 10.2 Å². The number of aromatic amines is 2. The first-order valence-electron chi connectivity index (χ1n) is 7.00. The van der Waals surface area contributed by atoms with Crippen molar-refractivity contribution in [3.05, 3.63) is 33.7 Å². The Morgan fingerprint density at radius 2 is 1.64 bits per heavy atom. The molecule has 0 radical (unpaired) electrons. The highest BCUT2D eigenvalue weighted by molar-refractivity contribution is 14.1. The van der Waals surface area contributed by atoms with Crippen molar-refractivity contribution in [2.75, 3.05) is 14.2 Å². The van der Waals surface area contributed by atoms with E-state index in [-0.39, 0.29) is 5.69 Å². The molecular weight excluding hydrogens is 437 g/mol. The summed E-state index contributed by atoms with van der Waals surface area (Å²) < 4.78 is 10.9. The fraction of sp³-hybridized carbons (Fsp3) is 0.133. The number of pyridine rings is 2. The highest BCUT2D eigenvalue weighted by Gasteiger charge is 2.07. The number of ether oxygens (including phenoxy) is 2. The van der Waals surface area contributed by atoms with Gasteiger partial charge in [0, 0.05) is 12.1 Å². The van der Waals surface area contributed by atoms with Crippen LogP contribution in [-0.4, -0.2) is 44.6 Å². The van der Waals surface area contributed by atoms with Crippen molar-refractivity contribution in [1.82, 2.24) is 30.4 Å². The zero-order valence-corrected chi connectivity index (χ0v) is 15.4. The number of nitrogens with zero attached hydrogens (tertiary/aromatic N) is 5. The molecule has 9 nitrogen and oxygen atoms in total. The molecule has 0 unspecified atom stereocenters. The summed E-state index contributed by atoms with van der Waals surface area (Å²) in [4.78, 5) is 8.32. The van der Waals surface area contributed by atoms with Crippen LogP contribution in [0.5, 0.6) is 11.8 Å². The van der Waals surface area contributed by atoms with Gasteiger partial charge in [-0.25, -0.2) is 9.97 Å². The average Bonchev–Trinajstić information content (AvgIpc) is 3.24. The van der Waals surface area contributed by atoms with Crippen molar-refractivity contribution >= 4 is 44.7 Å². The van der Waals surface area contributed by atoms with E-state index < -0.39 is 0 Å². The fourth-order valence-corrected chi connectivity index (χ4v) is 2.55. The molecule has 4 aromatic heterocycles. The maximum Gasteiger partial charge on any atom is 0.213 e. The molecule has 0 saturated heterocycles. The van der Waals surface area contributed by atoms with E-state index in [0.717, 1.165) is 20.3 Å². The van der Waals surface area contributed by atoms with E-state index in [2.05, 4.69) is 53.0 Å². The van der Waals surface area contributed by atoms with Crippen molar-refractivity contribution in [3.8, 4) is 17.8 Å². The molecule has 2 N–H and O–H groups in total. The standard InChI is InChI=1S/C8H6N4O.C7H6IN3O/c1-13-7-3-2-5-8(10-7)6(4-9)12-11-5;1-12-5-3-2-4-6(9-5)7(8)11-10-4/h2-3H,1H3,(H,11,12);2-3H,1H3,(H,10,11). The second-order valence-corrected chi connectivity index (χ2v) is 5.77. The predicted molar refractivity (Wildman–Crippen MR) is 98.3 cm³/mol. The molecule has 4 rings (SSSR count). The molecule has 4 aromatic rings. The lowest BCUT2D eigenvalue weighted by Crippen LogP contribution is -1.87. The molecule has 0 atom stereocenters. The molecule has 0 aliphatic heterocycles. The van der Waals surface area contributed by atoms with Gasteiger partial charge in [-0.1, -0.05) is 0 Å². The van der Waals surface area contributed by atoms with Crippen molar-refractivity contribution in [1.29, 1.82) is 5.26 Å². The van der Waals surface area contributed by atoms with Crippen LogP contribution < -0.4 is 9.47 Å². The van der Waals surface area contributed by atoms with E-state index >= 15 is 0 Å². The molecule has 0 aromatic carbocycles. The summed E-state index contributed by atoms with van der Waals surface area (Å²) in [7, 11) is 3.13. The van der Waals surface area contributed by atoms with Gasteiger partial charge in [0.2, 0.25) is 11.8 Å². The number of hydrogen-bond donors (Lipinski definition) is 2. The molecule has 0 spiro atoms. The fourth-order valence-electron chi connectivity index (χ4n) is 2.03. The molecule has 4 heterocycles. The van der Waals surface area contributed by atoms with Crippen molar-refractivity contribution in [2.24, 2.45) is 0 Å². The number of hydrogen-bond acceptors (Lipinski definition) is 7. The van der Waals surface area contributed by atoms with Crippen LogP contribution in [0.1, 0.15) is 5.69 Å². The minimum absolute atomic E-state index is 0.286. The minimum Gasteiger partial charge on any atom is -0.481 e. The topological polar surface area (TPSA) is 125 Å². The lowest BCUT2D eigenvalue weighted by molar-refractivity contribution is 0.399. The summed E-state index contributed by atoms with van der Waals surface area (Å²) in [6.07, 6.45) is 0. The summed E-state index contributed by atoms with van der Waals surface area (Å²) in [5.41, 5.74) is 3.28. The van der Waals surface area contributed by atoms with Crippen molar-refractivity contribution < 1.29 is 9.47 Å². The third-order valence-corrected chi connectivity index (χ3v) is 3.99. The number of fused-ring (bicyclic) bond motifs is 2. The quantitative estimate of drug-likeness (QED) is 0.450. The van der Waals surface area contributed by atoms with Crippen LogP contribution in [0.2, 0.25) is 0 Å².